The molecule has 0 radical (unpaired) electrons. The Morgan fingerprint density at radius 1 is 1.12 bits per heavy atom. The quantitative estimate of drug-likeness (QED) is 0.423. The maximum Gasteiger partial charge on any atom is 0.334 e. The van der Waals surface area contributed by atoms with Crippen LogP contribution in [0, 0.1) is 0 Å². The second kappa shape index (κ2) is 6.13. The van der Waals surface area contributed by atoms with Gasteiger partial charge in [-0.2, -0.15) is 0 Å². The van der Waals surface area contributed by atoms with Crippen LogP contribution in [0.2, 0.25) is 0 Å². The summed E-state index contributed by atoms with van der Waals surface area (Å²) in [4.78, 5) is 36.2. The van der Waals surface area contributed by atoms with E-state index in [0.717, 1.165) is 6.08 Å². The molecule has 0 unspecified atom stereocenters. The Kier molecular flexibility index (Phi) is 4.01. The van der Waals surface area contributed by atoms with Crippen LogP contribution in [0.1, 0.15) is 37.8 Å². The van der Waals surface area contributed by atoms with E-state index < -0.39 is 23.3 Å². The third-order valence-electron chi connectivity index (χ3n) is 3.44. The van der Waals surface area contributed by atoms with E-state index >= 15 is 0 Å². The zero-order valence-electron chi connectivity index (χ0n) is 12.3. The van der Waals surface area contributed by atoms with E-state index in [1.165, 1.54) is 18.2 Å². The number of benzene rings is 1. The molecule has 1 aromatic heterocycles. The molecule has 1 aromatic carbocycles. The average Bonchev–Trinajstić information content (AvgIpc) is 3.04. The summed E-state index contributed by atoms with van der Waals surface area (Å²) < 4.78 is 9.84. The molecule has 1 aliphatic carbocycles. The van der Waals surface area contributed by atoms with Gasteiger partial charge in [-0.3, -0.25) is 9.59 Å². The summed E-state index contributed by atoms with van der Waals surface area (Å²) in [5, 5.41) is 18.5. The first kappa shape index (κ1) is 15.7. The fraction of sp³-hybridized carbons (Fsp3) is 0.118. The first-order chi connectivity index (χ1) is 11.5. The predicted molar refractivity (Wildman–Crippen MR) is 80.7 cm³/mol. The summed E-state index contributed by atoms with van der Waals surface area (Å²) in [5.41, 5.74) is 0.507. The van der Waals surface area contributed by atoms with Crippen molar-refractivity contribution in [1.82, 2.24) is 0 Å². The van der Waals surface area contributed by atoms with Crippen molar-refractivity contribution >= 4 is 23.3 Å². The highest BCUT2D eigenvalue weighted by Crippen LogP contribution is 2.31. The van der Waals surface area contributed by atoms with E-state index in [1.54, 1.807) is 12.1 Å². The van der Waals surface area contributed by atoms with Crippen molar-refractivity contribution in [1.29, 1.82) is 0 Å². The Balaban J connectivity index is 1.96. The Labute approximate surface area is 135 Å². The lowest BCUT2D eigenvalue weighted by atomic mass is 9.88. The van der Waals surface area contributed by atoms with Gasteiger partial charge in [-0.1, -0.05) is 24.3 Å². The number of furan rings is 1. The van der Waals surface area contributed by atoms with Crippen LogP contribution in [0.4, 0.5) is 0 Å². The first-order valence-electron chi connectivity index (χ1n) is 7.04. The topological polar surface area (TPSA) is 114 Å². The summed E-state index contributed by atoms with van der Waals surface area (Å²) in [5.74, 6) is -2.73. The molecule has 3 rings (SSSR count). The highest BCUT2D eigenvalue weighted by Gasteiger charge is 2.33. The van der Waals surface area contributed by atoms with E-state index in [2.05, 4.69) is 4.74 Å². The number of fused-ring (bicyclic) bond motifs is 2. The lowest BCUT2D eigenvalue weighted by Crippen LogP contribution is -2.18. The minimum Gasteiger partial charge on any atom is -0.504 e. The fourth-order valence-electron chi connectivity index (χ4n) is 2.37. The largest absolute Gasteiger partial charge is 0.504 e. The molecule has 0 aliphatic heterocycles. The van der Waals surface area contributed by atoms with E-state index in [9.17, 15) is 19.5 Å². The van der Waals surface area contributed by atoms with Gasteiger partial charge in [0.25, 0.3) is 0 Å². The number of carbonyl (C=O) groups excluding carboxylic acids is 3. The van der Waals surface area contributed by atoms with E-state index in [4.69, 9.17) is 9.52 Å². The van der Waals surface area contributed by atoms with Gasteiger partial charge in [0.15, 0.2) is 23.1 Å². The van der Waals surface area contributed by atoms with Gasteiger partial charge in [-0.25, -0.2) is 4.79 Å². The molecule has 2 N–H and O–H groups in total. The molecule has 7 heteroatoms. The monoisotopic (exact) mass is 328 g/mol. The molecule has 0 spiro atoms. The molecule has 1 heterocycles. The van der Waals surface area contributed by atoms with Crippen molar-refractivity contribution in [2.45, 2.75) is 0 Å². The predicted octanol–water partition coefficient (Wildman–Crippen LogP) is 1.49. The number of ether oxygens (including phenoxy) is 1. The van der Waals surface area contributed by atoms with Crippen molar-refractivity contribution in [3.63, 3.8) is 0 Å². The second-order valence-electron chi connectivity index (χ2n) is 4.98. The van der Waals surface area contributed by atoms with Crippen molar-refractivity contribution in [2.24, 2.45) is 0 Å². The molecule has 0 fully saturated rings. The number of hydrogen-bond acceptors (Lipinski definition) is 7. The lowest BCUT2D eigenvalue weighted by Gasteiger charge is -2.11. The highest BCUT2D eigenvalue weighted by atomic mass is 16.5. The zero-order valence-corrected chi connectivity index (χ0v) is 12.3. The molecular formula is C17H12O7. The first-order valence-corrected chi connectivity index (χ1v) is 7.04. The number of aliphatic hydroxyl groups excluding tert-OH is 2. The number of ketones is 2. The van der Waals surface area contributed by atoms with Gasteiger partial charge >= 0.3 is 5.97 Å². The SMILES string of the molecule is O=C(/C=C(\O)c1cc2c(o1)C(=O)c1ccccc1C2=O)OCCO. The van der Waals surface area contributed by atoms with Crippen LogP contribution in [-0.2, 0) is 9.53 Å². The van der Waals surface area contributed by atoms with Gasteiger partial charge in [-0.05, 0) is 6.07 Å². The van der Waals surface area contributed by atoms with Gasteiger partial charge in [0, 0.05) is 11.1 Å². The molecule has 0 atom stereocenters. The van der Waals surface area contributed by atoms with E-state index in [0.29, 0.717) is 0 Å². The minimum atomic E-state index is -0.892. The fourth-order valence-corrected chi connectivity index (χ4v) is 2.37. The molecule has 0 saturated heterocycles. The highest BCUT2D eigenvalue weighted by molar-refractivity contribution is 6.27. The van der Waals surface area contributed by atoms with Gasteiger partial charge in [-0.15, -0.1) is 0 Å². The average molecular weight is 328 g/mol. The standard InChI is InChI=1S/C17H12O7/c18-5-6-23-14(20)8-12(19)13-7-11-15(21)9-3-1-2-4-10(9)16(22)17(11)24-13/h1-4,7-8,18-19H,5-6H2/b12-8-. The smallest absolute Gasteiger partial charge is 0.334 e. The van der Waals surface area contributed by atoms with Gasteiger partial charge in [0.2, 0.25) is 5.78 Å². The van der Waals surface area contributed by atoms with Crippen LogP contribution < -0.4 is 0 Å². The van der Waals surface area contributed by atoms with Crippen LogP contribution in [0.15, 0.2) is 40.8 Å². The van der Waals surface area contributed by atoms with Crippen LogP contribution in [0.25, 0.3) is 5.76 Å². The molecule has 0 bridgehead atoms. The molecule has 0 amide bonds. The molecule has 1 aliphatic rings. The Bertz CT molecular complexity index is 820. The Hall–Kier alpha value is -3.19. The normalized spacial score (nSPS) is 13.5. The maximum atomic E-state index is 12.4. The lowest BCUT2D eigenvalue weighted by molar-refractivity contribution is -0.138. The number of carbonyl (C=O) groups is 3. The summed E-state index contributed by atoms with van der Waals surface area (Å²) in [6.07, 6.45) is 0.738. The van der Waals surface area contributed by atoms with Gasteiger partial charge < -0.3 is 19.4 Å². The molecule has 0 saturated carbocycles. The summed E-state index contributed by atoms with van der Waals surface area (Å²) in [6.45, 7) is -0.569. The molecule has 122 valence electrons. The molecule has 24 heavy (non-hydrogen) atoms. The van der Waals surface area contributed by atoms with Crippen LogP contribution in [0.3, 0.4) is 0 Å². The zero-order chi connectivity index (χ0) is 17.3. The summed E-state index contributed by atoms with van der Waals surface area (Å²) in [6, 6.07) is 7.53. The maximum absolute atomic E-state index is 12.4. The van der Waals surface area contributed by atoms with Crippen LogP contribution in [-0.4, -0.2) is 41.0 Å². The summed E-state index contributed by atoms with van der Waals surface area (Å²) in [7, 11) is 0. The van der Waals surface area contributed by atoms with Gasteiger partial charge in [0.05, 0.1) is 18.2 Å². The number of hydrogen-bond donors (Lipinski definition) is 2. The third-order valence-corrected chi connectivity index (χ3v) is 3.44. The second-order valence-corrected chi connectivity index (χ2v) is 4.98. The van der Waals surface area contributed by atoms with Crippen molar-refractivity contribution in [3.8, 4) is 0 Å². The van der Waals surface area contributed by atoms with Gasteiger partial charge in [0.1, 0.15) is 6.61 Å². The van der Waals surface area contributed by atoms with E-state index in [1.807, 2.05) is 0 Å². The molecular weight excluding hydrogens is 316 g/mol. The third kappa shape index (κ3) is 2.61. The molecule has 2 aromatic rings. The molecule has 7 nitrogen and oxygen atoms in total. The summed E-state index contributed by atoms with van der Waals surface area (Å²) >= 11 is 0. The van der Waals surface area contributed by atoms with Crippen molar-refractivity contribution in [2.75, 3.05) is 13.2 Å². The number of aliphatic hydroxyl groups is 2. The van der Waals surface area contributed by atoms with Crippen molar-refractivity contribution < 1.29 is 33.8 Å². The van der Waals surface area contributed by atoms with Crippen molar-refractivity contribution in [3.05, 3.63) is 64.6 Å². The van der Waals surface area contributed by atoms with Crippen LogP contribution in [0.5, 0.6) is 0 Å². The van der Waals surface area contributed by atoms with Crippen LogP contribution >= 0.6 is 0 Å². The number of esters is 1. The Morgan fingerprint density at radius 3 is 2.46 bits per heavy atom. The van der Waals surface area contributed by atoms with E-state index in [-0.39, 0.29) is 41.4 Å². The minimum absolute atomic E-state index is 0.0253. The number of rotatable bonds is 4. The Morgan fingerprint density at radius 2 is 1.79 bits per heavy atom.